The van der Waals surface area contributed by atoms with E-state index in [0.717, 1.165) is 31.6 Å². The van der Waals surface area contributed by atoms with Crippen LogP contribution in [0, 0.1) is 6.92 Å². The minimum atomic E-state index is 0.238. The van der Waals surface area contributed by atoms with Gasteiger partial charge in [0.15, 0.2) is 0 Å². The Labute approximate surface area is 128 Å². The lowest BCUT2D eigenvalue weighted by molar-refractivity contribution is -0.132. The molecule has 0 bridgehead atoms. The van der Waals surface area contributed by atoms with Crippen LogP contribution in [0.15, 0.2) is 24.1 Å². The number of nitrogens with zero attached hydrogens (tertiary/aromatic N) is 4. The van der Waals surface area contributed by atoms with Gasteiger partial charge in [0.2, 0.25) is 5.91 Å². The average molecular weight is 304 g/mol. The summed E-state index contributed by atoms with van der Waals surface area (Å²) in [6.45, 7) is 4.42. The van der Waals surface area contributed by atoms with E-state index in [1.165, 1.54) is 5.01 Å². The molecule has 1 unspecified atom stereocenters. The number of piperidine rings is 1. The Balaban J connectivity index is 1.56. The van der Waals surface area contributed by atoms with Crippen LogP contribution in [0.25, 0.3) is 0 Å². The highest BCUT2D eigenvalue weighted by Gasteiger charge is 2.26. The van der Waals surface area contributed by atoms with E-state index < -0.39 is 0 Å². The fraction of sp³-hybridized carbons (Fsp3) is 0.533. The highest BCUT2D eigenvalue weighted by atomic mass is 32.1. The summed E-state index contributed by atoms with van der Waals surface area (Å²) >= 11 is 1.72. The first-order valence-corrected chi connectivity index (χ1v) is 8.26. The van der Waals surface area contributed by atoms with E-state index in [9.17, 15) is 4.79 Å². The van der Waals surface area contributed by atoms with Crippen molar-refractivity contribution < 1.29 is 4.79 Å². The minimum absolute atomic E-state index is 0.238. The summed E-state index contributed by atoms with van der Waals surface area (Å²) in [6.07, 6.45) is 8.14. The smallest absolute Gasteiger partial charge is 0.224 e. The molecule has 0 N–H and O–H groups in total. The van der Waals surface area contributed by atoms with E-state index in [1.54, 1.807) is 23.9 Å². The van der Waals surface area contributed by atoms with Crippen molar-refractivity contribution >= 4 is 17.2 Å². The molecule has 6 heteroatoms. The topological polar surface area (TPSA) is 51.0 Å². The van der Waals surface area contributed by atoms with Gasteiger partial charge in [0.1, 0.15) is 0 Å². The molecule has 5 nitrogen and oxygen atoms in total. The number of aryl methyl sites for hydroxylation is 2. The van der Waals surface area contributed by atoms with Crippen molar-refractivity contribution in [1.82, 2.24) is 19.4 Å². The van der Waals surface area contributed by atoms with Crippen LogP contribution in [0.1, 0.15) is 35.9 Å². The lowest BCUT2D eigenvalue weighted by Crippen LogP contribution is -2.39. The van der Waals surface area contributed by atoms with E-state index in [1.807, 2.05) is 22.6 Å². The number of thiazole rings is 1. The van der Waals surface area contributed by atoms with Gasteiger partial charge in [0, 0.05) is 55.4 Å². The van der Waals surface area contributed by atoms with Gasteiger partial charge in [-0.15, -0.1) is 11.3 Å². The predicted molar refractivity (Wildman–Crippen MR) is 82.3 cm³/mol. The highest BCUT2D eigenvalue weighted by Crippen LogP contribution is 2.29. The van der Waals surface area contributed by atoms with Crippen molar-refractivity contribution in [2.24, 2.45) is 0 Å². The zero-order valence-corrected chi connectivity index (χ0v) is 13.1. The fourth-order valence-electron chi connectivity index (χ4n) is 2.77. The van der Waals surface area contributed by atoms with Gasteiger partial charge in [-0.25, -0.2) is 9.97 Å². The molecule has 2 aromatic rings. The summed E-state index contributed by atoms with van der Waals surface area (Å²) in [5, 5.41) is 3.27. The van der Waals surface area contributed by atoms with Crippen LogP contribution in [0.3, 0.4) is 0 Å². The molecule has 2 aromatic heterocycles. The zero-order valence-electron chi connectivity index (χ0n) is 12.2. The van der Waals surface area contributed by atoms with Crippen LogP contribution in [0.5, 0.6) is 0 Å². The summed E-state index contributed by atoms with van der Waals surface area (Å²) in [6, 6.07) is 0. The number of carbonyl (C=O) groups excluding carboxylic acids is 1. The van der Waals surface area contributed by atoms with Gasteiger partial charge in [0.05, 0.1) is 11.3 Å². The number of likely N-dealkylation sites (tertiary alicyclic amines) is 1. The number of imidazole rings is 1. The molecule has 1 aliphatic heterocycles. The third-order valence-corrected chi connectivity index (χ3v) is 5.03. The normalized spacial score (nSPS) is 18.9. The van der Waals surface area contributed by atoms with Crippen LogP contribution in [0.2, 0.25) is 0 Å². The Morgan fingerprint density at radius 2 is 2.43 bits per heavy atom. The number of amides is 1. The molecule has 1 saturated heterocycles. The van der Waals surface area contributed by atoms with Gasteiger partial charge >= 0.3 is 0 Å². The van der Waals surface area contributed by atoms with Crippen LogP contribution >= 0.6 is 11.3 Å². The molecule has 112 valence electrons. The summed E-state index contributed by atoms with van der Waals surface area (Å²) in [5.41, 5.74) is 1.08. The second kappa shape index (κ2) is 6.39. The van der Waals surface area contributed by atoms with Crippen molar-refractivity contribution in [2.45, 2.75) is 38.6 Å². The number of rotatable bonds is 4. The van der Waals surface area contributed by atoms with Gasteiger partial charge in [-0.2, -0.15) is 0 Å². The van der Waals surface area contributed by atoms with Crippen molar-refractivity contribution in [3.05, 3.63) is 34.8 Å². The van der Waals surface area contributed by atoms with Gasteiger partial charge in [0.25, 0.3) is 0 Å². The first-order valence-electron chi connectivity index (χ1n) is 7.38. The van der Waals surface area contributed by atoms with E-state index in [-0.39, 0.29) is 5.91 Å². The van der Waals surface area contributed by atoms with Gasteiger partial charge in [-0.05, 0) is 19.8 Å². The average Bonchev–Trinajstić information content (AvgIpc) is 3.16. The zero-order chi connectivity index (χ0) is 14.7. The largest absolute Gasteiger partial charge is 0.342 e. The molecule has 1 atom stereocenters. The predicted octanol–water partition coefficient (Wildman–Crippen LogP) is 2.44. The second-order valence-electron chi connectivity index (χ2n) is 5.56. The molecule has 3 heterocycles. The Hall–Kier alpha value is -1.69. The Morgan fingerprint density at radius 1 is 1.52 bits per heavy atom. The lowest BCUT2D eigenvalue weighted by Gasteiger charge is -2.32. The molecule has 0 radical (unpaired) electrons. The first-order chi connectivity index (χ1) is 10.2. The molecule has 21 heavy (non-hydrogen) atoms. The molecule has 1 fully saturated rings. The number of hydrogen-bond donors (Lipinski definition) is 0. The minimum Gasteiger partial charge on any atom is -0.342 e. The fourth-order valence-corrected chi connectivity index (χ4v) is 3.69. The molecule has 0 spiro atoms. The quantitative estimate of drug-likeness (QED) is 0.872. The maximum atomic E-state index is 12.4. The molecule has 0 aromatic carbocycles. The van der Waals surface area contributed by atoms with Gasteiger partial charge in [-0.1, -0.05) is 0 Å². The van der Waals surface area contributed by atoms with Crippen molar-refractivity contribution in [3.8, 4) is 0 Å². The van der Waals surface area contributed by atoms with Gasteiger partial charge < -0.3 is 9.47 Å². The Kier molecular flexibility index (Phi) is 4.34. The van der Waals surface area contributed by atoms with E-state index in [0.29, 0.717) is 18.9 Å². The second-order valence-corrected chi connectivity index (χ2v) is 6.45. The molecular formula is C15H20N4OS. The Morgan fingerprint density at radius 3 is 3.14 bits per heavy atom. The SMILES string of the molecule is Cc1csc(C2CCCN(C(=O)CCn3ccnc3)C2)n1. The number of hydrogen-bond acceptors (Lipinski definition) is 4. The molecule has 3 rings (SSSR count). The number of aromatic nitrogens is 3. The van der Waals surface area contributed by atoms with Crippen LogP contribution < -0.4 is 0 Å². The van der Waals surface area contributed by atoms with E-state index in [4.69, 9.17) is 0 Å². The molecule has 1 aliphatic rings. The van der Waals surface area contributed by atoms with Gasteiger partial charge in [-0.3, -0.25) is 4.79 Å². The summed E-state index contributed by atoms with van der Waals surface area (Å²) in [5.74, 6) is 0.649. The van der Waals surface area contributed by atoms with E-state index >= 15 is 0 Å². The molecule has 0 saturated carbocycles. The number of carbonyl (C=O) groups is 1. The molecule has 1 amide bonds. The maximum absolute atomic E-state index is 12.4. The third-order valence-electron chi connectivity index (χ3n) is 3.90. The monoisotopic (exact) mass is 304 g/mol. The van der Waals surface area contributed by atoms with Crippen LogP contribution in [0.4, 0.5) is 0 Å². The highest BCUT2D eigenvalue weighted by molar-refractivity contribution is 7.09. The van der Waals surface area contributed by atoms with Crippen molar-refractivity contribution in [1.29, 1.82) is 0 Å². The standard InChI is InChI=1S/C15H20N4OS/c1-12-10-21-15(17-12)13-3-2-6-19(9-13)14(20)4-7-18-8-5-16-11-18/h5,8,10-11,13H,2-4,6-7,9H2,1H3. The third kappa shape index (κ3) is 3.50. The summed E-state index contributed by atoms with van der Waals surface area (Å²) < 4.78 is 1.95. The molecular weight excluding hydrogens is 284 g/mol. The Bertz CT molecular complexity index is 593. The first kappa shape index (κ1) is 14.3. The van der Waals surface area contributed by atoms with Crippen LogP contribution in [-0.2, 0) is 11.3 Å². The molecule has 0 aliphatic carbocycles. The van der Waals surface area contributed by atoms with Crippen molar-refractivity contribution in [2.75, 3.05) is 13.1 Å². The summed E-state index contributed by atoms with van der Waals surface area (Å²) in [7, 11) is 0. The van der Waals surface area contributed by atoms with Crippen molar-refractivity contribution in [3.63, 3.8) is 0 Å². The van der Waals surface area contributed by atoms with E-state index in [2.05, 4.69) is 15.3 Å². The van der Waals surface area contributed by atoms with Crippen LogP contribution in [-0.4, -0.2) is 38.4 Å². The lowest BCUT2D eigenvalue weighted by atomic mass is 9.98. The summed E-state index contributed by atoms with van der Waals surface area (Å²) in [4.78, 5) is 22.9. The maximum Gasteiger partial charge on any atom is 0.224 e.